The lowest BCUT2D eigenvalue weighted by Gasteiger charge is -2.35. The van der Waals surface area contributed by atoms with Crippen LogP contribution < -0.4 is 0 Å². The van der Waals surface area contributed by atoms with Crippen molar-refractivity contribution >= 4 is 11.6 Å². The van der Waals surface area contributed by atoms with Crippen LogP contribution in [0, 0.1) is 11.8 Å². The van der Waals surface area contributed by atoms with Crippen LogP contribution in [-0.4, -0.2) is 41.0 Å². The van der Waals surface area contributed by atoms with Crippen LogP contribution in [0.25, 0.3) is 0 Å². The van der Waals surface area contributed by atoms with Crippen molar-refractivity contribution in [1.82, 2.24) is 14.8 Å². The van der Waals surface area contributed by atoms with Gasteiger partial charge in [-0.1, -0.05) is 29.8 Å². The first-order valence-electron chi connectivity index (χ1n) is 9.84. The zero-order chi connectivity index (χ0) is 17.8. The summed E-state index contributed by atoms with van der Waals surface area (Å²) in [6.07, 6.45) is 7.91. The summed E-state index contributed by atoms with van der Waals surface area (Å²) >= 11 is 5.99. The van der Waals surface area contributed by atoms with E-state index < -0.39 is 0 Å². The van der Waals surface area contributed by atoms with E-state index in [9.17, 15) is 0 Å². The molecule has 0 radical (unpaired) electrons. The molecule has 26 heavy (non-hydrogen) atoms. The van der Waals surface area contributed by atoms with E-state index in [-0.39, 0.29) is 0 Å². The molecule has 4 rings (SSSR count). The standard InChI is InChI=1S/C22H28ClN3/c23-22-5-3-18(4-6-22)15-26-13-9-21(17-26)20-7-11-25(12-8-20)16-19-2-1-10-24-14-19/h1-6,10,14,20-21H,7-9,11-13,15-17H2/t21-/m1/s1. The summed E-state index contributed by atoms with van der Waals surface area (Å²) in [5, 5.41) is 0.825. The van der Waals surface area contributed by atoms with E-state index in [0.717, 1.165) is 29.9 Å². The summed E-state index contributed by atoms with van der Waals surface area (Å²) in [7, 11) is 0. The Morgan fingerprint density at radius 3 is 2.27 bits per heavy atom. The summed E-state index contributed by atoms with van der Waals surface area (Å²) in [6, 6.07) is 12.5. The van der Waals surface area contributed by atoms with E-state index in [2.05, 4.69) is 33.0 Å². The molecule has 2 aromatic rings. The van der Waals surface area contributed by atoms with Crippen LogP contribution in [0.3, 0.4) is 0 Å². The highest BCUT2D eigenvalue weighted by molar-refractivity contribution is 6.30. The average molecular weight is 370 g/mol. The fourth-order valence-corrected chi connectivity index (χ4v) is 4.70. The van der Waals surface area contributed by atoms with Crippen molar-refractivity contribution in [3.05, 3.63) is 64.9 Å². The van der Waals surface area contributed by atoms with Crippen molar-refractivity contribution in [1.29, 1.82) is 0 Å². The quantitative estimate of drug-likeness (QED) is 0.775. The van der Waals surface area contributed by atoms with E-state index >= 15 is 0 Å². The molecule has 2 saturated heterocycles. The molecule has 3 nitrogen and oxygen atoms in total. The Bertz CT molecular complexity index is 680. The van der Waals surface area contributed by atoms with E-state index in [0.29, 0.717) is 0 Å². The molecule has 0 aliphatic carbocycles. The van der Waals surface area contributed by atoms with Crippen LogP contribution in [0.4, 0.5) is 0 Å². The molecule has 0 spiro atoms. The zero-order valence-corrected chi connectivity index (χ0v) is 16.1. The molecular weight excluding hydrogens is 342 g/mol. The molecule has 3 heterocycles. The van der Waals surface area contributed by atoms with Gasteiger partial charge in [0.2, 0.25) is 0 Å². The number of nitrogens with zero attached hydrogens (tertiary/aromatic N) is 3. The van der Waals surface area contributed by atoms with Crippen molar-refractivity contribution in [3.63, 3.8) is 0 Å². The minimum atomic E-state index is 0.825. The highest BCUT2D eigenvalue weighted by Gasteiger charge is 2.31. The Morgan fingerprint density at radius 2 is 1.54 bits per heavy atom. The maximum Gasteiger partial charge on any atom is 0.0406 e. The molecule has 0 saturated carbocycles. The number of hydrogen-bond acceptors (Lipinski definition) is 3. The molecule has 2 aliphatic rings. The number of aromatic nitrogens is 1. The van der Waals surface area contributed by atoms with Crippen LogP contribution in [-0.2, 0) is 13.1 Å². The Morgan fingerprint density at radius 1 is 0.846 bits per heavy atom. The summed E-state index contributed by atoms with van der Waals surface area (Å²) in [5.74, 6) is 1.78. The highest BCUT2D eigenvalue weighted by atomic mass is 35.5. The average Bonchev–Trinajstić information content (AvgIpc) is 3.14. The van der Waals surface area contributed by atoms with Crippen molar-refractivity contribution in [2.45, 2.75) is 32.4 Å². The first kappa shape index (κ1) is 18.0. The third-order valence-corrected chi connectivity index (χ3v) is 6.31. The van der Waals surface area contributed by atoms with Gasteiger partial charge in [0.05, 0.1) is 0 Å². The molecule has 0 N–H and O–H groups in total. The van der Waals surface area contributed by atoms with Crippen molar-refractivity contribution in [2.24, 2.45) is 11.8 Å². The number of rotatable bonds is 5. The van der Waals surface area contributed by atoms with Crippen molar-refractivity contribution < 1.29 is 0 Å². The van der Waals surface area contributed by atoms with Gasteiger partial charge in [0.1, 0.15) is 0 Å². The van der Waals surface area contributed by atoms with Gasteiger partial charge in [-0.2, -0.15) is 0 Å². The lowest BCUT2D eigenvalue weighted by molar-refractivity contribution is 0.141. The fourth-order valence-electron chi connectivity index (χ4n) is 4.57. The molecule has 1 atom stereocenters. The molecule has 0 bridgehead atoms. The van der Waals surface area contributed by atoms with Gasteiger partial charge in [-0.25, -0.2) is 0 Å². The van der Waals surface area contributed by atoms with E-state index in [1.165, 1.54) is 56.6 Å². The normalized spacial score (nSPS) is 22.7. The summed E-state index contributed by atoms with van der Waals surface area (Å²) in [5.41, 5.74) is 2.71. The Hall–Kier alpha value is -1.42. The molecule has 0 amide bonds. The van der Waals surface area contributed by atoms with Gasteiger partial charge >= 0.3 is 0 Å². The van der Waals surface area contributed by atoms with Gasteiger partial charge in [0.15, 0.2) is 0 Å². The molecule has 1 aromatic carbocycles. The monoisotopic (exact) mass is 369 g/mol. The summed E-state index contributed by atoms with van der Waals surface area (Å²) in [6.45, 7) is 7.07. The second-order valence-electron chi connectivity index (χ2n) is 7.89. The first-order chi connectivity index (χ1) is 12.8. The smallest absolute Gasteiger partial charge is 0.0406 e. The first-order valence-corrected chi connectivity index (χ1v) is 10.2. The Balaban J connectivity index is 1.23. The molecular formula is C22H28ClN3. The summed E-state index contributed by atoms with van der Waals surface area (Å²) in [4.78, 5) is 9.45. The van der Waals surface area contributed by atoms with Gasteiger partial charge in [-0.3, -0.25) is 14.8 Å². The maximum atomic E-state index is 5.99. The van der Waals surface area contributed by atoms with Crippen LogP contribution in [0.1, 0.15) is 30.4 Å². The lowest BCUT2D eigenvalue weighted by atomic mass is 9.83. The number of hydrogen-bond donors (Lipinski definition) is 0. The predicted molar refractivity (Wildman–Crippen MR) is 107 cm³/mol. The number of benzene rings is 1. The number of pyridine rings is 1. The largest absolute Gasteiger partial charge is 0.299 e. The molecule has 0 unspecified atom stereocenters. The van der Waals surface area contributed by atoms with E-state index in [4.69, 9.17) is 11.6 Å². The second kappa shape index (κ2) is 8.51. The van der Waals surface area contributed by atoms with Crippen LogP contribution in [0.5, 0.6) is 0 Å². The van der Waals surface area contributed by atoms with Crippen LogP contribution in [0.15, 0.2) is 48.8 Å². The van der Waals surface area contributed by atoms with E-state index in [1.54, 1.807) is 0 Å². The van der Waals surface area contributed by atoms with Gasteiger partial charge < -0.3 is 0 Å². The van der Waals surface area contributed by atoms with Crippen molar-refractivity contribution in [2.75, 3.05) is 26.2 Å². The highest BCUT2D eigenvalue weighted by Crippen LogP contribution is 2.32. The van der Waals surface area contributed by atoms with Gasteiger partial charge in [0.25, 0.3) is 0 Å². The SMILES string of the molecule is Clc1ccc(CN2CC[C@@H](C3CCN(Cc4cccnc4)CC3)C2)cc1. The number of piperidine rings is 1. The van der Waals surface area contributed by atoms with Gasteiger partial charge in [0, 0.05) is 37.1 Å². The third kappa shape index (κ3) is 4.64. The maximum absolute atomic E-state index is 5.99. The fraction of sp³-hybridized carbons (Fsp3) is 0.500. The second-order valence-corrected chi connectivity index (χ2v) is 8.32. The Kier molecular flexibility index (Phi) is 5.88. The predicted octanol–water partition coefficient (Wildman–Crippen LogP) is 4.47. The number of halogens is 1. The molecule has 1 aromatic heterocycles. The minimum absolute atomic E-state index is 0.825. The third-order valence-electron chi connectivity index (χ3n) is 6.06. The minimum Gasteiger partial charge on any atom is -0.299 e. The van der Waals surface area contributed by atoms with Crippen LogP contribution >= 0.6 is 11.6 Å². The molecule has 138 valence electrons. The molecule has 2 aliphatic heterocycles. The Labute approximate surface area is 162 Å². The number of likely N-dealkylation sites (tertiary alicyclic amines) is 2. The summed E-state index contributed by atoms with van der Waals surface area (Å²) < 4.78 is 0. The molecule has 4 heteroatoms. The zero-order valence-electron chi connectivity index (χ0n) is 15.4. The van der Waals surface area contributed by atoms with Gasteiger partial charge in [-0.15, -0.1) is 0 Å². The topological polar surface area (TPSA) is 19.4 Å². The van der Waals surface area contributed by atoms with Crippen molar-refractivity contribution in [3.8, 4) is 0 Å². The van der Waals surface area contributed by atoms with Gasteiger partial charge in [-0.05, 0) is 80.1 Å². The van der Waals surface area contributed by atoms with Crippen LogP contribution in [0.2, 0.25) is 5.02 Å². The lowest BCUT2D eigenvalue weighted by Crippen LogP contribution is -2.36. The van der Waals surface area contributed by atoms with E-state index in [1.807, 2.05) is 30.6 Å². The molecule has 2 fully saturated rings.